The van der Waals surface area contributed by atoms with Crippen molar-refractivity contribution in [2.75, 3.05) is 18.7 Å². The Labute approximate surface area is 161 Å². The zero-order valence-corrected chi connectivity index (χ0v) is 15.6. The molecule has 1 aromatic heterocycles. The number of nitrogens with zero attached hydrogens (tertiary/aromatic N) is 2. The average Bonchev–Trinajstić information content (AvgIpc) is 3.21. The van der Waals surface area contributed by atoms with Crippen molar-refractivity contribution >= 4 is 29.5 Å². The number of pyridine rings is 1. The Kier molecular flexibility index (Phi) is 6.08. The van der Waals surface area contributed by atoms with Crippen molar-refractivity contribution in [2.45, 2.75) is 12.6 Å². The summed E-state index contributed by atoms with van der Waals surface area (Å²) in [7, 11) is 1.28. The number of aromatic nitrogens is 1. The minimum absolute atomic E-state index is 0.186. The second kappa shape index (κ2) is 8.68. The van der Waals surface area contributed by atoms with Crippen molar-refractivity contribution < 1.29 is 19.1 Å². The fourth-order valence-electron chi connectivity index (χ4n) is 2.67. The van der Waals surface area contributed by atoms with Gasteiger partial charge in [-0.1, -0.05) is 30.3 Å². The van der Waals surface area contributed by atoms with E-state index in [2.05, 4.69) is 15.0 Å². The van der Waals surface area contributed by atoms with Crippen molar-refractivity contribution in [2.24, 2.45) is 0 Å². The summed E-state index contributed by atoms with van der Waals surface area (Å²) in [5.41, 5.74) is 1.45. The minimum atomic E-state index is -0.548. The van der Waals surface area contributed by atoms with Gasteiger partial charge in [-0.2, -0.15) is 0 Å². The van der Waals surface area contributed by atoms with Crippen LogP contribution in [0.15, 0.2) is 48.7 Å². The van der Waals surface area contributed by atoms with Gasteiger partial charge in [0.2, 0.25) is 5.91 Å². The summed E-state index contributed by atoms with van der Waals surface area (Å²) in [5, 5.41) is 2.88. The summed E-state index contributed by atoms with van der Waals surface area (Å²) < 4.78 is 4.62. The molecule has 0 aliphatic carbocycles. The normalized spacial score (nSPS) is 16.0. The number of thioether (sulfide) groups is 1. The van der Waals surface area contributed by atoms with Gasteiger partial charge < -0.3 is 15.0 Å². The molecule has 1 atom stereocenters. The molecule has 2 aromatic rings. The van der Waals surface area contributed by atoms with Gasteiger partial charge in [0.15, 0.2) is 0 Å². The number of amides is 2. The van der Waals surface area contributed by atoms with Gasteiger partial charge in [-0.3, -0.25) is 14.6 Å². The molecule has 0 unspecified atom stereocenters. The Balaban J connectivity index is 1.65. The van der Waals surface area contributed by atoms with Crippen molar-refractivity contribution in [3.63, 3.8) is 0 Å². The van der Waals surface area contributed by atoms with E-state index in [-0.39, 0.29) is 23.1 Å². The van der Waals surface area contributed by atoms with Crippen molar-refractivity contribution in [1.29, 1.82) is 0 Å². The topological polar surface area (TPSA) is 88.6 Å². The standard InChI is InChI=1S/C19H19N3O4S/c1-26-19(25)14-7-8-15(20-10-14)18(24)22-12-27-11-16(22)17(23)21-9-13-5-3-2-4-6-13/h2-8,10,16H,9,11-12H2,1H3,(H,21,23)/t16-/m1/s1. The molecule has 7 nitrogen and oxygen atoms in total. The van der Waals surface area contributed by atoms with Crippen molar-refractivity contribution in [3.05, 3.63) is 65.5 Å². The zero-order valence-electron chi connectivity index (χ0n) is 14.8. The van der Waals surface area contributed by atoms with Crippen LogP contribution >= 0.6 is 11.8 Å². The number of methoxy groups -OCH3 is 1. The maximum absolute atomic E-state index is 12.7. The minimum Gasteiger partial charge on any atom is -0.465 e. The van der Waals surface area contributed by atoms with E-state index in [0.29, 0.717) is 18.2 Å². The largest absolute Gasteiger partial charge is 0.465 e. The summed E-state index contributed by atoms with van der Waals surface area (Å²) in [6.07, 6.45) is 1.30. The van der Waals surface area contributed by atoms with E-state index >= 15 is 0 Å². The number of carbonyl (C=O) groups excluding carboxylic acids is 3. The van der Waals surface area contributed by atoms with Crippen LogP contribution in [0, 0.1) is 0 Å². The van der Waals surface area contributed by atoms with Gasteiger partial charge in [0.05, 0.1) is 18.6 Å². The van der Waals surface area contributed by atoms with Crippen LogP contribution in [-0.4, -0.2) is 52.4 Å². The van der Waals surface area contributed by atoms with Crippen LogP contribution in [0.25, 0.3) is 0 Å². The smallest absolute Gasteiger partial charge is 0.339 e. The Morgan fingerprint density at radius 2 is 2.00 bits per heavy atom. The van der Waals surface area contributed by atoms with E-state index in [1.165, 1.54) is 42.1 Å². The zero-order chi connectivity index (χ0) is 19.2. The number of hydrogen-bond donors (Lipinski definition) is 1. The quantitative estimate of drug-likeness (QED) is 0.788. The van der Waals surface area contributed by atoms with Gasteiger partial charge >= 0.3 is 5.97 Å². The Bertz CT molecular complexity index is 827. The van der Waals surface area contributed by atoms with Crippen molar-refractivity contribution in [1.82, 2.24) is 15.2 Å². The SMILES string of the molecule is COC(=O)c1ccc(C(=O)N2CSC[C@@H]2C(=O)NCc2ccccc2)nc1. The van der Waals surface area contributed by atoms with Gasteiger partial charge in [-0.05, 0) is 17.7 Å². The lowest BCUT2D eigenvalue weighted by Crippen LogP contribution is -2.47. The van der Waals surface area contributed by atoms with Gasteiger partial charge in [0, 0.05) is 18.5 Å². The summed E-state index contributed by atoms with van der Waals surface area (Å²) in [5.74, 6) is -0.0917. The molecular weight excluding hydrogens is 366 g/mol. The second-order valence-electron chi connectivity index (χ2n) is 5.92. The summed E-state index contributed by atoms with van der Waals surface area (Å²) >= 11 is 1.52. The molecule has 27 heavy (non-hydrogen) atoms. The molecule has 2 amide bonds. The number of nitrogens with one attached hydrogen (secondary N) is 1. The van der Waals surface area contributed by atoms with Gasteiger partial charge in [-0.15, -0.1) is 11.8 Å². The maximum Gasteiger partial charge on any atom is 0.339 e. The molecular formula is C19H19N3O4S. The first-order chi connectivity index (χ1) is 13.1. The number of rotatable bonds is 5. The lowest BCUT2D eigenvalue weighted by Gasteiger charge is -2.22. The monoisotopic (exact) mass is 385 g/mol. The molecule has 2 heterocycles. The first-order valence-electron chi connectivity index (χ1n) is 8.35. The number of ether oxygens (including phenoxy) is 1. The highest BCUT2D eigenvalue weighted by Crippen LogP contribution is 2.23. The first kappa shape index (κ1) is 18.9. The lowest BCUT2D eigenvalue weighted by atomic mass is 10.2. The molecule has 8 heteroatoms. The summed E-state index contributed by atoms with van der Waals surface area (Å²) in [6, 6.07) is 12.0. The van der Waals surface area contributed by atoms with Crippen LogP contribution in [-0.2, 0) is 16.1 Å². The fourth-order valence-corrected chi connectivity index (χ4v) is 3.82. The lowest BCUT2D eigenvalue weighted by molar-refractivity contribution is -0.124. The highest BCUT2D eigenvalue weighted by Gasteiger charge is 2.35. The highest BCUT2D eigenvalue weighted by molar-refractivity contribution is 7.99. The second-order valence-corrected chi connectivity index (χ2v) is 6.92. The van der Waals surface area contributed by atoms with Crippen LogP contribution < -0.4 is 5.32 Å². The number of esters is 1. The molecule has 1 aromatic carbocycles. The summed E-state index contributed by atoms with van der Waals surface area (Å²) in [4.78, 5) is 42.3. The molecule has 0 spiro atoms. The van der Waals surface area contributed by atoms with Gasteiger partial charge in [-0.25, -0.2) is 4.79 Å². The Morgan fingerprint density at radius 1 is 1.22 bits per heavy atom. The van der Waals surface area contributed by atoms with E-state index in [1.807, 2.05) is 30.3 Å². The Hall–Kier alpha value is -2.87. The van der Waals surface area contributed by atoms with Crippen LogP contribution in [0.4, 0.5) is 0 Å². The number of hydrogen-bond acceptors (Lipinski definition) is 6. The van der Waals surface area contributed by atoms with Crippen LogP contribution in [0.1, 0.15) is 26.4 Å². The molecule has 1 fully saturated rings. The molecule has 1 aliphatic rings. The number of carbonyl (C=O) groups is 3. The molecule has 0 radical (unpaired) electrons. The van der Waals surface area contributed by atoms with Crippen LogP contribution in [0.5, 0.6) is 0 Å². The molecule has 0 saturated carbocycles. The molecule has 3 rings (SSSR count). The van der Waals surface area contributed by atoms with Crippen LogP contribution in [0.2, 0.25) is 0 Å². The third kappa shape index (κ3) is 4.46. The van der Waals surface area contributed by atoms with E-state index < -0.39 is 12.0 Å². The van der Waals surface area contributed by atoms with Gasteiger partial charge in [0.25, 0.3) is 5.91 Å². The van der Waals surface area contributed by atoms with E-state index in [4.69, 9.17) is 0 Å². The van der Waals surface area contributed by atoms with E-state index in [9.17, 15) is 14.4 Å². The molecule has 140 valence electrons. The molecule has 1 saturated heterocycles. The predicted molar refractivity (Wildman–Crippen MR) is 101 cm³/mol. The highest BCUT2D eigenvalue weighted by atomic mass is 32.2. The fraction of sp³-hybridized carbons (Fsp3) is 0.263. The van der Waals surface area contributed by atoms with Gasteiger partial charge in [0.1, 0.15) is 11.7 Å². The molecule has 0 bridgehead atoms. The third-order valence-electron chi connectivity index (χ3n) is 4.16. The first-order valence-corrected chi connectivity index (χ1v) is 9.50. The van der Waals surface area contributed by atoms with Crippen LogP contribution in [0.3, 0.4) is 0 Å². The average molecular weight is 385 g/mol. The number of benzene rings is 1. The summed E-state index contributed by atoms with van der Waals surface area (Å²) in [6.45, 7) is 0.412. The van der Waals surface area contributed by atoms with Crippen molar-refractivity contribution in [3.8, 4) is 0 Å². The predicted octanol–water partition coefficient (Wildman–Crippen LogP) is 1.70. The Morgan fingerprint density at radius 3 is 2.67 bits per heavy atom. The molecule has 1 N–H and O–H groups in total. The van der Waals surface area contributed by atoms with E-state index in [0.717, 1.165) is 5.56 Å². The third-order valence-corrected chi connectivity index (χ3v) is 5.17. The van der Waals surface area contributed by atoms with E-state index in [1.54, 1.807) is 0 Å². The maximum atomic E-state index is 12.7. The molecule has 1 aliphatic heterocycles.